The fourth-order valence-corrected chi connectivity index (χ4v) is 3.78. The first-order valence-electron chi connectivity index (χ1n) is 7.71. The van der Waals surface area contributed by atoms with E-state index in [9.17, 15) is 13.8 Å². The van der Waals surface area contributed by atoms with Gasteiger partial charge in [-0.05, 0) is 30.7 Å². The Balaban J connectivity index is 1.98. The maximum absolute atomic E-state index is 12.9. The van der Waals surface area contributed by atoms with E-state index < -0.39 is 15.6 Å². The number of nitrogens with one attached hydrogen (secondary N) is 1. The van der Waals surface area contributed by atoms with Crippen molar-refractivity contribution in [3.05, 3.63) is 47.4 Å². The van der Waals surface area contributed by atoms with Gasteiger partial charge in [0.1, 0.15) is 17.8 Å². The van der Waals surface area contributed by atoms with Crippen molar-refractivity contribution in [1.82, 2.24) is 5.32 Å². The highest BCUT2D eigenvalue weighted by Crippen LogP contribution is 2.23. The van der Waals surface area contributed by atoms with Crippen molar-refractivity contribution in [3.63, 3.8) is 0 Å². The first-order chi connectivity index (χ1) is 11.9. The Morgan fingerprint density at radius 1 is 1.32 bits per heavy atom. The Bertz CT molecular complexity index is 936. The molecule has 0 spiro atoms. The number of hydrogen-bond donors (Lipinski definition) is 1. The Kier molecular flexibility index (Phi) is 4.63. The third-order valence-electron chi connectivity index (χ3n) is 3.94. The summed E-state index contributed by atoms with van der Waals surface area (Å²) >= 11 is 0. The van der Waals surface area contributed by atoms with Crippen LogP contribution in [0.25, 0.3) is 0 Å². The van der Waals surface area contributed by atoms with Crippen molar-refractivity contribution in [2.45, 2.75) is 17.7 Å². The largest absolute Gasteiger partial charge is 0.497 e. The SMILES string of the molecule is COc1ccc(S(C)(=O)=NC(=O)c2coc3c2C(=O)NCCC3)cc1. The molecule has 8 heteroatoms. The second-order valence-electron chi connectivity index (χ2n) is 5.68. The molecule has 132 valence electrons. The summed E-state index contributed by atoms with van der Waals surface area (Å²) in [6, 6.07) is 6.49. The van der Waals surface area contributed by atoms with Gasteiger partial charge in [-0.25, -0.2) is 4.21 Å². The van der Waals surface area contributed by atoms with Crippen LogP contribution in [0.3, 0.4) is 0 Å². The van der Waals surface area contributed by atoms with Crippen molar-refractivity contribution in [1.29, 1.82) is 0 Å². The second-order valence-corrected chi connectivity index (χ2v) is 7.94. The zero-order valence-electron chi connectivity index (χ0n) is 13.9. The van der Waals surface area contributed by atoms with Crippen LogP contribution in [0.5, 0.6) is 5.75 Å². The predicted molar refractivity (Wildman–Crippen MR) is 91.4 cm³/mol. The summed E-state index contributed by atoms with van der Waals surface area (Å²) in [6.45, 7) is 0.518. The third-order valence-corrected chi connectivity index (χ3v) is 5.61. The molecule has 0 saturated carbocycles. The van der Waals surface area contributed by atoms with Crippen LogP contribution in [0.1, 0.15) is 32.9 Å². The van der Waals surface area contributed by atoms with Crippen LogP contribution in [0.15, 0.2) is 44.2 Å². The molecule has 1 atom stereocenters. The molecule has 0 bridgehead atoms. The molecule has 1 aromatic carbocycles. The average Bonchev–Trinajstić information content (AvgIpc) is 2.94. The summed E-state index contributed by atoms with van der Waals surface area (Å²) in [4.78, 5) is 25.1. The fraction of sp³-hybridized carbons (Fsp3) is 0.294. The number of hydrogen-bond acceptors (Lipinski definition) is 5. The summed E-state index contributed by atoms with van der Waals surface area (Å²) in [5.41, 5.74) is 0.230. The number of aryl methyl sites for hydroxylation is 1. The van der Waals surface area contributed by atoms with Crippen LogP contribution in [0.2, 0.25) is 0 Å². The van der Waals surface area contributed by atoms with Crippen LogP contribution in [0.4, 0.5) is 0 Å². The van der Waals surface area contributed by atoms with E-state index in [1.807, 2.05) is 0 Å². The molecule has 0 aliphatic carbocycles. The monoisotopic (exact) mass is 362 g/mol. The highest BCUT2D eigenvalue weighted by molar-refractivity contribution is 7.93. The van der Waals surface area contributed by atoms with Crippen LogP contribution in [-0.2, 0) is 16.1 Å². The van der Waals surface area contributed by atoms with Crippen molar-refractivity contribution >= 4 is 21.5 Å². The highest BCUT2D eigenvalue weighted by atomic mass is 32.2. The minimum absolute atomic E-state index is 0.0393. The van der Waals surface area contributed by atoms with Gasteiger partial charge in [-0.3, -0.25) is 9.59 Å². The van der Waals surface area contributed by atoms with E-state index in [0.717, 1.165) is 6.42 Å². The summed E-state index contributed by atoms with van der Waals surface area (Å²) in [5, 5.41) is 2.71. The van der Waals surface area contributed by atoms with Crippen LogP contribution >= 0.6 is 0 Å². The first-order valence-corrected chi connectivity index (χ1v) is 9.64. The lowest BCUT2D eigenvalue weighted by Crippen LogP contribution is -2.24. The van der Waals surface area contributed by atoms with Gasteiger partial charge in [0.2, 0.25) is 0 Å². The molecule has 1 unspecified atom stereocenters. The molecular weight excluding hydrogens is 344 g/mol. The zero-order valence-corrected chi connectivity index (χ0v) is 14.7. The normalized spacial score (nSPS) is 16.2. The van der Waals surface area contributed by atoms with Crippen LogP contribution < -0.4 is 10.1 Å². The molecule has 7 nitrogen and oxygen atoms in total. The van der Waals surface area contributed by atoms with E-state index in [0.29, 0.717) is 29.4 Å². The van der Waals surface area contributed by atoms with E-state index in [2.05, 4.69) is 9.68 Å². The molecule has 2 aromatic rings. The second kappa shape index (κ2) is 6.72. The smallest absolute Gasteiger partial charge is 0.289 e. The van der Waals surface area contributed by atoms with Gasteiger partial charge in [0, 0.05) is 24.1 Å². The molecule has 25 heavy (non-hydrogen) atoms. The summed E-state index contributed by atoms with van der Waals surface area (Å²) in [6.07, 6.45) is 3.88. The minimum atomic E-state index is -2.97. The molecule has 0 radical (unpaired) electrons. The summed E-state index contributed by atoms with van der Waals surface area (Å²) in [5.74, 6) is -0.0279. The zero-order chi connectivity index (χ0) is 18.0. The topological polar surface area (TPSA) is 98.0 Å². The number of nitrogens with zero attached hydrogens (tertiary/aromatic N) is 1. The quantitative estimate of drug-likeness (QED) is 0.903. The van der Waals surface area contributed by atoms with Gasteiger partial charge < -0.3 is 14.5 Å². The van der Waals surface area contributed by atoms with Crippen molar-refractivity contribution in [2.24, 2.45) is 4.36 Å². The molecule has 3 rings (SSSR count). The maximum atomic E-state index is 12.9. The van der Waals surface area contributed by atoms with Gasteiger partial charge in [-0.1, -0.05) is 0 Å². The number of rotatable bonds is 3. The Morgan fingerprint density at radius 2 is 2.04 bits per heavy atom. The van der Waals surface area contributed by atoms with Crippen molar-refractivity contribution in [3.8, 4) is 5.75 Å². The average molecular weight is 362 g/mol. The minimum Gasteiger partial charge on any atom is -0.497 e. The number of carbonyl (C=O) groups excluding carboxylic acids is 2. The van der Waals surface area contributed by atoms with Crippen LogP contribution in [0, 0.1) is 0 Å². The Morgan fingerprint density at radius 3 is 2.72 bits per heavy atom. The number of amides is 2. The third kappa shape index (κ3) is 3.43. The lowest BCUT2D eigenvalue weighted by Gasteiger charge is -2.06. The maximum Gasteiger partial charge on any atom is 0.289 e. The molecular formula is C17H18N2O5S. The molecule has 1 aliphatic rings. The number of ether oxygens (including phenoxy) is 1. The van der Waals surface area contributed by atoms with Gasteiger partial charge in [0.25, 0.3) is 11.8 Å². The van der Waals surface area contributed by atoms with E-state index in [1.54, 1.807) is 24.3 Å². The van der Waals surface area contributed by atoms with Crippen LogP contribution in [-0.4, -0.2) is 35.9 Å². The van der Waals surface area contributed by atoms with E-state index in [-0.39, 0.29) is 17.0 Å². The van der Waals surface area contributed by atoms with E-state index in [4.69, 9.17) is 9.15 Å². The molecule has 0 saturated heterocycles. The predicted octanol–water partition coefficient (Wildman–Crippen LogP) is 2.26. The van der Waals surface area contributed by atoms with E-state index >= 15 is 0 Å². The number of benzene rings is 1. The van der Waals surface area contributed by atoms with Crippen molar-refractivity contribution in [2.75, 3.05) is 19.9 Å². The lowest BCUT2D eigenvalue weighted by atomic mass is 10.1. The van der Waals surface area contributed by atoms with Gasteiger partial charge >= 0.3 is 0 Å². The Labute approximate surface area is 145 Å². The molecule has 1 N–H and O–H groups in total. The number of fused-ring (bicyclic) bond motifs is 1. The Hall–Kier alpha value is -2.61. The van der Waals surface area contributed by atoms with Gasteiger partial charge in [0.15, 0.2) is 0 Å². The number of methoxy groups -OCH3 is 1. The molecule has 1 aromatic heterocycles. The number of carbonyl (C=O) groups is 2. The van der Waals surface area contributed by atoms with Gasteiger partial charge in [-0.2, -0.15) is 4.36 Å². The lowest BCUT2D eigenvalue weighted by molar-refractivity contribution is 0.0940. The van der Waals surface area contributed by atoms with Gasteiger partial charge in [0.05, 0.1) is 28.0 Å². The molecule has 1 aliphatic heterocycles. The van der Waals surface area contributed by atoms with E-state index in [1.165, 1.54) is 19.6 Å². The standard InChI is InChI=1S/C17H18N2O5S/c1-23-11-5-7-12(8-6-11)25(2,22)19-16(20)13-10-24-14-4-3-9-18-17(21)15(13)14/h5-8,10H,3-4,9H2,1-2H3,(H,18,21). The molecule has 2 amide bonds. The summed E-state index contributed by atoms with van der Waals surface area (Å²) in [7, 11) is -1.44. The first kappa shape index (κ1) is 17.2. The summed E-state index contributed by atoms with van der Waals surface area (Å²) < 4.78 is 27.1. The fourth-order valence-electron chi connectivity index (χ4n) is 2.62. The molecule has 0 fully saturated rings. The van der Waals surface area contributed by atoms with Gasteiger partial charge in [-0.15, -0.1) is 0 Å². The number of furan rings is 1. The van der Waals surface area contributed by atoms with Crippen molar-refractivity contribution < 1.29 is 23.0 Å². The molecule has 2 heterocycles. The highest BCUT2D eigenvalue weighted by Gasteiger charge is 2.27.